The zero-order valence-electron chi connectivity index (χ0n) is 12.3. The monoisotopic (exact) mass is 276 g/mol. The Bertz CT molecular complexity index is 564. The molecule has 0 atom stereocenters. The first kappa shape index (κ1) is 14.4. The lowest BCUT2D eigenvalue weighted by Crippen LogP contribution is -2.21. The number of ether oxygens (including phenoxy) is 2. The maximum Gasteiger partial charge on any atom is 0.208 e. The molecule has 0 aliphatic heterocycles. The number of nitrogens with one attached hydrogen (secondary N) is 1. The standard InChI is InChI=1S/C15H20N2O3/c1-10(2)16-9-15-17-8-14(20-15)11-5-6-12(18-3)13(7-11)19-4/h5-8,10,16H,9H2,1-4H3. The molecule has 1 heterocycles. The van der Waals surface area contributed by atoms with Crippen LogP contribution in [0.1, 0.15) is 19.7 Å². The first-order chi connectivity index (χ1) is 9.63. The van der Waals surface area contributed by atoms with E-state index in [2.05, 4.69) is 24.1 Å². The number of methoxy groups -OCH3 is 2. The second-order valence-corrected chi connectivity index (χ2v) is 4.72. The average Bonchev–Trinajstić information content (AvgIpc) is 2.93. The van der Waals surface area contributed by atoms with Crippen LogP contribution in [0.25, 0.3) is 11.3 Å². The molecule has 0 aliphatic rings. The van der Waals surface area contributed by atoms with E-state index in [-0.39, 0.29) is 0 Å². The molecule has 5 nitrogen and oxygen atoms in total. The van der Waals surface area contributed by atoms with Crippen LogP contribution < -0.4 is 14.8 Å². The zero-order valence-corrected chi connectivity index (χ0v) is 12.3. The van der Waals surface area contributed by atoms with Gasteiger partial charge in [-0.2, -0.15) is 0 Å². The van der Waals surface area contributed by atoms with Crippen LogP contribution in [-0.2, 0) is 6.54 Å². The fourth-order valence-electron chi connectivity index (χ4n) is 1.81. The number of nitrogens with zero attached hydrogens (tertiary/aromatic N) is 1. The average molecular weight is 276 g/mol. The molecule has 0 spiro atoms. The lowest BCUT2D eigenvalue weighted by molar-refractivity contribution is 0.355. The van der Waals surface area contributed by atoms with Crippen molar-refractivity contribution in [1.82, 2.24) is 10.3 Å². The van der Waals surface area contributed by atoms with Crippen LogP contribution >= 0.6 is 0 Å². The molecule has 5 heteroatoms. The summed E-state index contributed by atoms with van der Waals surface area (Å²) in [6, 6.07) is 6.04. The molecule has 2 aromatic rings. The van der Waals surface area contributed by atoms with Gasteiger partial charge in [0.1, 0.15) is 0 Å². The molecule has 1 aromatic carbocycles. The lowest BCUT2D eigenvalue weighted by Gasteiger charge is -2.08. The highest BCUT2D eigenvalue weighted by Crippen LogP contribution is 2.32. The molecule has 1 N–H and O–H groups in total. The SMILES string of the molecule is COc1ccc(-c2cnc(CNC(C)C)o2)cc1OC. The highest BCUT2D eigenvalue weighted by molar-refractivity contribution is 5.62. The number of rotatable bonds is 6. The summed E-state index contributed by atoms with van der Waals surface area (Å²) in [4.78, 5) is 4.26. The summed E-state index contributed by atoms with van der Waals surface area (Å²) >= 11 is 0. The minimum atomic E-state index is 0.395. The van der Waals surface area contributed by atoms with Gasteiger partial charge in [-0.3, -0.25) is 0 Å². The van der Waals surface area contributed by atoms with E-state index in [0.717, 1.165) is 5.56 Å². The van der Waals surface area contributed by atoms with Gasteiger partial charge in [0.25, 0.3) is 0 Å². The van der Waals surface area contributed by atoms with E-state index < -0.39 is 0 Å². The molecule has 0 saturated carbocycles. The number of aromatic nitrogens is 1. The van der Waals surface area contributed by atoms with E-state index in [0.29, 0.717) is 35.7 Å². The zero-order chi connectivity index (χ0) is 14.5. The van der Waals surface area contributed by atoms with Gasteiger partial charge in [0.05, 0.1) is 27.0 Å². The van der Waals surface area contributed by atoms with Crippen molar-refractivity contribution in [3.8, 4) is 22.8 Å². The van der Waals surface area contributed by atoms with Gasteiger partial charge in [-0.1, -0.05) is 13.8 Å². The fraction of sp³-hybridized carbons (Fsp3) is 0.400. The predicted molar refractivity (Wildman–Crippen MR) is 77.0 cm³/mol. The number of hydrogen-bond acceptors (Lipinski definition) is 5. The summed E-state index contributed by atoms with van der Waals surface area (Å²) in [6.45, 7) is 4.78. The molecule has 0 amide bonds. The molecule has 0 bridgehead atoms. The molecular weight excluding hydrogens is 256 g/mol. The smallest absolute Gasteiger partial charge is 0.208 e. The third-order valence-corrected chi connectivity index (χ3v) is 2.88. The first-order valence-corrected chi connectivity index (χ1v) is 6.54. The Hall–Kier alpha value is -2.01. The molecule has 0 saturated heterocycles. The van der Waals surface area contributed by atoms with Crippen LogP contribution in [0.3, 0.4) is 0 Å². The molecule has 20 heavy (non-hydrogen) atoms. The minimum Gasteiger partial charge on any atom is -0.493 e. The number of hydrogen-bond donors (Lipinski definition) is 1. The second-order valence-electron chi connectivity index (χ2n) is 4.72. The molecule has 0 fully saturated rings. The Morgan fingerprint density at radius 1 is 1.20 bits per heavy atom. The summed E-state index contributed by atoms with van der Waals surface area (Å²) in [7, 11) is 3.22. The van der Waals surface area contributed by atoms with E-state index in [1.165, 1.54) is 0 Å². The van der Waals surface area contributed by atoms with E-state index in [1.807, 2.05) is 18.2 Å². The summed E-state index contributed by atoms with van der Waals surface area (Å²) in [5.41, 5.74) is 0.908. The highest BCUT2D eigenvalue weighted by atomic mass is 16.5. The Balaban J connectivity index is 2.19. The van der Waals surface area contributed by atoms with Gasteiger partial charge in [-0.05, 0) is 18.2 Å². The van der Waals surface area contributed by atoms with Gasteiger partial charge in [0.15, 0.2) is 17.3 Å². The van der Waals surface area contributed by atoms with Gasteiger partial charge in [-0.25, -0.2) is 4.98 Å². The molecule has 108 valence electrons. The Kier molecular flexibility index (Phi) is 4.63. The van der Waals surface area contributed by atoms with Gasteiger partial charge >= 0.3 is 0 Å². The molecule has 0 unspecified atom stereocenters. The normalized spacial score (nSPS) is 10.8. The molecular formula is C15H20N2O3. The van der Waals surface area contributed by atoms with Gasteiger partial charge in [0, 0.05) is 11.6 Å². The summed E-state index contributed by atoms with van der Waals surface area (Å²) < 4.78 is 16.2. The van der Waals surface area contributed by atoms with Gasteiger partial charge in [0.2, 0.25) is 5.89 Å². The maximum absolute atomic E-state index is 5.72. The van der Waals surface area contributed by atoms with Crippen LogP contribution in [0, 0.1) is 0 Å². The van der Waals surface area contributed by atoms with Crippen LogP contribution in [0.5, 0.6) is 11.5 Å². The van der Waals surface area contributed by atoms with Crippen molar-refractivity contribution in [2.45, 2.75) is 26.4 Å². The summed E-state index contributed by atoms with van der Waals surface area (Å²) in [5, 5.41) is 3.27. The van der Waals surface area contributed by atoms with Crippen LogP contribution in [0.2, 0.25) is 0 Å². The third-order valence-electron chi connectivity index (χ3n) is 2.88. The van der Waals surface area contributed by atoms with Crippen molar-refractivity contribution in [3.63, 3.8) is 0 Å². The quantitative estimate of drug-likeness (QED) is 0.879. The third kappa shape index (κ3) is 3.30. The van der Waals surface area contributed by atoms with Crippen LogP contribution in [0.4, 0.5) is 0 Å². The van der Waals surface area contributed by atoms with Gasteiger partial charge in [-0.15, -0.1) is 0 Å². The number of oxazole rings is 1. The van der Waals surface area contributed by atoms with Crippen molar-refractivity contribution in [1.29, 1.82) is 0 Å². The predicted octanol–water partition coefficient (Wildman–Crippen LogP) is 2.86. The molecule has 2 rings (SSSR count). The molecule has 0 aliphatic carbocycles. The van der Waals surface area contributed by atoms with Crippen LogP contribution in [0.15, 0.2) is 28.8 Å². The van der Waals surface area contributed by atoms with E-state index in [9.17, 15) is 0 Å². The largest absolute Gasteiger partial charge is 0.493 e. The van der Waals surface area contributed by atoms with Crippen molar-refractivity contribution >= 4 is 0 Å². The van der Waals surface area contributed by atoms with Crippen molar-refractivity contribution in [2.75, 3.05) is 14.2 Å². The molecule has 1 aromatic heterocycles. The summed E-state index contributed by atoms with van der Waals surface area (Å²) in [6.07, 6.45) is 1.72. The van der Waals surface area contributed by atoms with Crippen molar-refractivity contribution in [3.05, 3.63) is 30.3 Å². The fourth-order valence-corrected chi connectivity index (χ4v) is 1.81. The van der Waals surface area contributed by atoms with Crippen molar-refractivity contribution in [2.24, 2.45) is 0 Å². The topological polar surface area (TPSA) is 56.5 Å². The number of benzene rings is 1. The second kappa shape index (κ2) is 6.43. The van der Waals surface area contributed by atoms with Crippen molar-refractivity contribution < 1.29 is 13.9 Å². The van der Waals surface area contributed by atoms with E-state index >= 15 is 0 Å². The Morgan fingerprint density at radius 3 is 2.60 bits per heavy atom. The van der Waals surface area contributed by atoms with E-state index in [4.69, 9.17) is 13.9 Å². The Labute approximate surface area is 118 Å². The summed E-state index contributed by atoms with van der Waals surface area (Å²) in [5.74, 6) is 2.75. The first-order valence-electron chi connectivity index (χ1n) is 6.54. The highest BCUT2D eigenvalue weighted by Gasteiger charge is 2.10. The lowest BCUT2D eigenvalue weighted by atomic mass is 10.1. The molecule has 0 radical (unpaired) electrons. The van der Waals surface area contributed by atoms with E-state index in [1.54, 1.807) is 20.4 Å². The van der Waals surface area contributed by atoms with Crippen LogP contribution in [-0.4, -0.2) is 25.2 Å². The maximum atomic E-state index is 5.72. The minimum absolute atomic E-state index is 0.395. The van der Waals surface area contributed by atoms with Gasteiger partial charge < -0.3 is 19.2 Å². The Morgan fingerprint density at radius 2 is 1.95 bits per heavy atom.